The number of hydrogen-bond donors (Lipinski definition) is 1. The summed E-state index contributed by atoms with van der Waals surface area (Å²) in [6, 6.07) is 0. The van der Waals surface area contributed by atoms with E-state index in [0.29, 0.717) is 13.1 Å². The lowest BCUT2D eigenvalue weighted by atomic mass is 10.2. The quantitative estimate of drug-likeness (QED) is 0.902. The van der Waals surface area contributed by atoms with E-state index in [1.807, 2.05) is 0 Å². The molecular formula is C9H13ClN4O2S. The lowest BCUT2D eigenvalue weighted by molar-refractivity contribution is 0.349. The zero-order chi connectivity index (χ0) is 12.3. The van der Waals surface area contributed by atoms with Crippen LogP contribution in [0.2, 0.25) is 5.15 Å². The molecule has 0 bridgehead atoms. The highest BCUT2D eigenvalue weighted by molar-refractivity contribution is 7.90. The van der Waals surface area contributed by atoms with Crippen LogP contribution in [0, 0.1) is 0 Å². The minimum absolute atomic E-state index is 0.0492. The maximum absolute atomic E-state index is 12.0. The summed E-state index contributed by atoms with van der Waals surface area (Å²) >= 11 is 5.75. The van der Waals surface area contributed by atoms with Crippen molar-refractivity contribution in [2.75, 3.05) is 17.8 Å². The first kappa shape index (κ1) is 12.5. The molecule has 1 N–H and O–H groups in total. The Labute approximate surface area is 105 Å². The van der Waals surface area contributed by atoms with E-state index in [9.17, 15) is 8.42 Å². The lowest BCUT2D eigenvalue weighted by Crippen LogP contribution is -2.39. The van der Waals surface area contributed by atoms with Crippen molar-refractivity contribution in [3.63, 3.8) is 0 Å². The van der Waals surface area contributed by atoms with Crippen LogP contribution < -0.4 is 4.72 Å². The maximum Gasteiger partial charge on any atom is 0.302 e. The molecule has 2 heterocycles. The van der Waals surface area contributed by atoms with Gasteiger partial charge in [-0.3, -0.25) is 4.72 Å². The molecule has 94 valence electrons. The van der Waals surface area contributed by atoms with Gasteiger partial charge in [-0.15, -0.1) is 0 Å². The SMILES string of the molecule is O=S(=O)(Nc1nccnc1Cl)N1CCCCC1. The van der Waals surface area contributed by atoms with Crippen molar-refractivity contribution in [2.45, 2.75) is 19.3 Å². The van der Waals surface area contributed by atoms with Gasteiger partial charge in [0.2, 0.25) is 0 Å². The number of nitrogens with zero attached hydrogens (tertiary/aromatic N) is 3. The Kier molecular flexibility index (Phi) is 3.80. The number of anilines is 1. The van der Waals surface area contributed by atoms with E-state index in [1.165, 1.54) is 16.7 Å². The summed E-state index contributed by atoms with van der Waals surface area (Å²) in [6.45, 7) is 1.07. The molecule has 0 aromatic carbocycles. The normalized spacial score (nSPS) is 17.9. The first-order valence-electron chi connectivity index (χ1n) is 5.34. The van der Waals surface area contributed by atoms with E-state index in [4.69, 9.17) is 11.6 Å². The molecule has 0 atom stereocenters. The van der Waals surface area contributed by atoms with Gasteiger partial charge in [0.15, 0.2) is 11.0 Å². The molecule has 0 radical (unpaired) electrons. The van der Waals surface area contributed by atoms with Crippen molar-refractivity contribution < 1.29 is 8.42 Å². The highest BCUT2D eigenvalue weighted by atomic mass is 35.5. The molecule has 0 unspecified atom stereocenters. The van der Waals surface area contributed by atoms with Crippen molar-refractivity contribution in [3.05, 3.63) is 17.5 Å². The largest absolute Gasteiger partial charge is 0.302 e. The predicted octanol–water partition coefficient (Wildman–Crippen LogP) is 1.27. The van der Waals surface area contributed by atoms with Gasteiger partial charge in [-0.25, -0.2) is 9.97 Å². The molecular weight excluding hydrogens is 264 g/mol. The minimum atomic E-state index is -3.56. The van der Waals surface area contributed by atoms with E-state index in [2.05, 4.69) is 14.7 Å². The lowest BCUT2D eigenvalue weighted by Gasteiger charge is -2.25. The summed E-state index contributed by atoms with van der Waals surface area (Å²) in [5.74, 6) is 0.0692. The topological polar surface area (TPSA) is 75.2 Å². The van der Waals surface area contributed by atoms with Crippen LogP contribution in [0.5, 0.6) is 0 Å². The van der Waals surface area contributed by atoms with E-state index in [-0.39, 0.29) is 11.0 Å². The minimum Gasteiger partial charge on any atom is -0.252 e. The van der Waals surface area contributed by atoms with Gasteiger partial charge in [0.1, 0.15) is 0 Å². The van der Waals surface area contributed by atoms with Gasteiger partial charge in [0, 0.05) is 25.5 Å². The first-order valence-corrected chi connectivity index (χ1v) is 7.16. The average molecular weight is 277 g/mol. The van der Waals surface area contributed by atoms with Crippen molar-refractivity contribution in [1.82, 2.24) is 14.3 Å². The van der Waals surface area contributed by atoms with Gasteiger partial charge in [-0.2, -0.15) is 12.7 Å². The molecule has 0 saturated carbocycles. The zero-order valence-electron chi connectivity index (χ0n) is 9.13. The molecule has 0 amide bonds. The monoisotopic (exact) mass is 276 g/mol. The third kappa shape index (κ3) is 3.05. The second-order valence-electron chi connectivity index (χ2n) is 3.76. The van der Waals surface area contributed by atoms with Gasteiger partial charge in [0.05, 0.1) is 0 Å². The number of piperidine rings is 1. The van der Waals surface area contributed by atoms with E-state index in [0.717, 1.165) is 19.3 Å². The molecule has 0 spiro atoms. The average Bonchev–Trinajstić information content (AvgIpc) is 2.33. The molecule has 1 aliphatic rings. The Morgan fingerprint density at radius 3 is 2.47 bits per heavy atom. The molecule has 6 nitrogen and oxygen atoms in total. The molecule has 1 aromatic heterocycles. The standard InChI is InChI=1S/C9H13ClN4O2S/c10-8-9(12-5-4-11-8)13-17(15,16)14-6-2-1-3-7-14/h4-5H,1-3,6-7H2,(H,12,13). The highest BCUT2D eigenvalue weighted by Crippen LogP contribution is 2.19. The van der Waals surface area contributed by atoms with E-state index < -0.39 is 10.2 Å². The van der Waals surface area contributed by atoms with Gasteiger partial charge in [-0.05, 0) is 12.8 Å². The smallest absolute Gasteiger partial charge is 0.252 e. The maximum atomic E-state index is 12.0. The summed E-state index contributed by atoms with van der Waals surface area (Å²) in [5.41, 5.74) is 0. The molecule has 8 heteroatoms. The summed E-state index contributed by atoms with van der Waals surface area (Å²) in [7, 11) is -3.56. The summed E-state index contributed by atoms with van der Waals surface area (Å²) < 4.78 is 27.7. The van der Waals surface area contributed by atoms with E-state index in [1.54, 1.807) is 0 Å². The van der Waals surface area contributed by atoms with Gasteiger partial charge >= 0.3 is 10.2 Å². The van der Waals surface area contributed by atoms with Crippen molar-refractivity contribution in [1.29, 1.82) is 0 Å². The molecule has 0 aliphatic carbocycles. The summed E-state index contributed by atoms with van der Waals surface area (Å²) in [4.78, 5) is 7.61. The van der Waals surface area contributed by atoms with Crippen LogP contribution in [0.4, 0.5) is 5.82 Å². The predicted molar refractivity (Wildman–Crippen MR) is 65.0 cm³/mol. The Hall–Kier alpha value is -0.920. The molecule has 17 heavy (non-hydrogen) atoms. The third-order valence-corrected chi connectivity index (χ3v) is 4.31. The van der Waals surface area contributed by atoms with Crippen LogP contribution in [0.3, 0.4) is 0 Å². The first-order chi connectivity index (χ1) is 8.09. The van der Waals surface area contributed by atoms with Crippen LogP contribution >= 0.6 is 11.6 Å². The Bertz CT molecular complexity index is 488. The molecule has 2 rings (SSSR count). The van der Waals surface area contributed by atoms with Crippen LogP contribution in [0.15, 0.2) is 12.4 Å². The van der Waals surface area contributed by atoms with Crippen molar-refractivity contribution >= 4 is 27.6 Å². The fourth-order valence-electron chi connectivity index (χ4n) is 1.68. The number of rotatable bonds is 3. The molecule has 1 aromatic rings. The van der Waals surface area contributed by atoms with Crippen LogP contribution in [0.25, 0.3) is 0 Å². The Morgan fingerprint density at radius 2 is 1.82 bits per heavy atom. The fraction of sp³-hybridized carbons (Fsp3) is 0.556. The molecule has 1 saturated heterocycles. The van der Waals surface area contributed by atoms with Crippen molar-refractivity contribution in [3.8, 4) is 0 Å². The Morgan fingerprint density at radius 1 is 1.18 bits per heavy atom. The number of hydrogen-bond acceptors (Lipinski definition) is 4. The van der Waals surface area contributed by atoms with Crippen LogP contribution in [0.1, 0.15) is 19.3 Å². The number of halogens is 1. The summed E-state index contributed by atoms with van der Waals surface area (Å²) in [6.07, 6.45) is 5.63. The summed E-state index contributed by atoms with van der Waals surface area (Å²) in [5, 5.41) is 0.0492. The zero-order valence-corrected chi connectivity index (χ0v) is 10.7. The number of nitrogens with one attached hydrogen (secondary N) is 1. The van der Waals surface area contributed by atoms with Crippen LogP contribution in [-0.2, 0) is 10.2 Å². The van der Waals surface area contributed by atoms with Crippen molar-refractivity contribution in [2.24, 2.45) is 0 Å². The van der Waals surface area contributed by atoms with Gasteiger partial charge in [-0.1, -0.05) is 18.0 Å². The number of aromatic nitrogens is 2. The van der Waals surface area contributed by atoms with Crippen LogP contribution in [-0.4, -0.2) is 35.8 Å². The second-order valence-corrected chi connectivity index (χ2v) is 5.79. The van der Waals surface area contributed by atoms with Gasteiger partial charge in [0.25, 0.3) is 0 Å². The highest BCUT2D eigenvalue weighted by Gasteiger charge is 2.24. The van der Waals surface area contributed by atoms with Gasteiger partial charge < -0.3 is 0 Å². The fourth-order valence-corrected chi connectivity index (χ4v) is 3.15. The third-order valence-electron chi connectivity index (χ3n) is 2.53. The second kappa shape index (κ2) is 5.16. The van der Waals surface area contributed by atoms with E-state index >= 15 is 0 Å². The molecule has 1 aliphatic heterocycles. The molecule has 1 fully saturated rings. The Balaban J connectivity index is 2.14.